The Morgan fingerprint density at radius 2 is 1.43 bits per heavy atom. The number of carbonyl (C=O) groups is 3. The Balaban J connectivity index is 1.79. The van der Waals surface area contributed by atoms with E-state index in [-0.39, 0.29) is 43.1 Å². The van der Waals surface area contributed by atoms with Crippen LogP contribution in [0.1, 0.15) is 122 Å². The normalized spacial score (nSPS) is 17.2. The molecule has 0 bridgehead atoms. The molecule has 0 unspecified atom stereocenters. The molecule has 0 amide bonds. The van der Waals surface area contributed by atoms with Crippen LogP contribution in [-0.2, 0) is 31.1 Å². The molecular weight excluding hydrogens is 733 g/mol. The van der Waals surface area contributed by atoms with Crippen molar-refractivity contribution in [3.8, 4) is 0 Å². The predicted octanol–water partition coefficient (Wildman–Crippen LogP) is 7.08. The molecule has 4 rings (SSSR count). The topological polar surface area (TPSA) is 186 Å². The van der Waals surface area contributed by atoms with Gasteiger partial charge in [0.05, 0.1) is 22.5 Å². The number of allylic oxidation sites excluding steroid dienone is 6. The third kappa shape index (κ3) is 9.52. The van der Waals surface area contributed by atoms with Crippen LogP contribution in [0.2, 0.25) is 0 Å². The fraction of sp³-hybridized carbons (Fsp3) is 0.450. The number of carboxylic acid groups (broad SMARTS) is 1. The second-order valence-corrected chi connectivity index (χ2v) is 18.0. The highest BCUT2D eigenvalue weighted by molar-refractivity contribution is 7.86. The predicted molar refractivity (Wildman–Crippen MR) is 210 cm³/mol. The smallest absolute Gasteiger partial charge is 0.335 e. The summed E-state index contributed by atoms with van der Waals surface area (Å²) in [5, 5.41) is 9.65. The number of aromatic carboxylic acids is 1. The molecule has 292 valence electrons. The lowest BCUT2D eigenvalue weighted by Crippen LogP contribution is -2.28. The summed E-state index contributed by atoms with van der Waals surface area (Å²) in [6.45, 7) is 12.1. The van der Waals surface area contributed by atoms with E-state index in [2.05, 4.69) is 0 Å². The van der Waals surface area contributed by atoms with Crippen molar-refractivity contribution >= 4 is 54.9 Å². The molecular formula is C40H51N2O10S2+. The zero-order valence-electron chi connectivity index (χ0n) is 31.8. The van der Waals surface area contributed by atoms with Gasteiger partial charge in [-0.2, -0.15) is 21.4 Å². The van der Waals surface area contributed by atoms with Gasteiger partial charge in [0.25, 0.3) is 20.2 Å². The molecule has 0 atom stereocenters. The number of Topliss-reactive ketones (excluding diaryl/α,β-unsaturated/α-hetero) is 2. The van der Waals surface area contributed by atoms with Gasteiger partial charge < -0.3 is 10.0 Å². The van der Waals surface area contributed by atoms with E-state index < -0.39 is 48.5 Å². The molecule has 0 aromatic heterocycles. The third-order valence-electron chi connectivity index (χ3n) is 9.98. The minimum Gasteiger partial charge on any atom is -0.478 e. The van der Waals surface area contributed by atoms with Gasteiger partial charge in [-0.1, -0.05) is 45.9 Å². The van der Waals surface area contributed by atoms with Crippen LogP contribution < -0.4 is 4.90 Å². The third-order valence-corrected chi connectivity index (χ3v) is 11.6. The molecule has 14 heteroatoms. The van der Waals surface area contributed by atoms with Crippen LogP contribution in [0.25, 0.3) is 0 Å². The van der Waals surface area contributed by atoms with Gasteiger partial charge in [0, 0.05) is 71.4 Å². The van der Waals surface area contributed by atoms with Gasteiger partial charge in [0.1, 0.15) is 6.54 Å². The van der Waals surface area contributed by atoms with Gasteiger partial charge >= 0.3 is 5.97 Å². The summed E-state index contributed by atoms with van der Waals surface area (Å²) in [6, 6.07) is 8.28. The van der Waals surface area contributed by atoms with E-state index in [4.69, 9.17) is 0 Å². The molecule has 0 spiro atoms. The molecule has 54 heavy (non-hydrogen) atoms. The first-order valence-electron chi connectivity index (χ1n) is 18.1. The van der Waals surface area contributed by atoms with Crippen LogP contribution in [0.5, 0.6) is 0 Å². The van der Waals surface area contributed by atoms with Crippen molar-refractivity contribution in [2.45, 2.75) is 90.9 Å². The molecule has 3 N–H and O–H groups in total. The van der Waals surface area contributed by atoms with E-state index in [1.165, 1.54) is 6.07 Å². The number of anilines is 1. The highest BCUT2D eigenvalue weighted by atomic mass is 32.2. The van der Waals surface area contributed by atoms with Gasteiger partial charge in [0.15, 0.2) is 17.3 Å². The van der Waals surface area contributed by atoms with E-state index in [1.54, 1.807) is 30.3 Å². The molecule has 2 aliphatic heterocycles. The summed E-state index contributed by atoms with van der Waals surface area (Å²) in [5.41, 5.74) is 4.06. The number of ketones is 2. The molecule has 0 radical (unpaired) electrons. The fourth-order valence-corrected chi connectivity index (χ4v) is 8.45. The average Bonchev–Trinajstić information content (AvgIpc) is 3.41. The lowest BCUT2D eigenvalue weighted by atomic mass is 9.79. The number of hydrogen-bond acceptors (Lipinski definition) is 8. The van der Waals surface area contributed by atoms with Gasteiger partial charge in [-0.05, 0) is 69.0 Å². The first-order valence-corrected chi connectivity index (χ1v) is 21.4. The molecule has 0 saturated heterocycles. The van der Waals surface area contributed by atoms with E-state index in [0.717, 1.165) is 28.2 Å². The zero-order chi connectivity index (χ0) is 40.2. The Labute approximate surface area is 318 Å². The van der Waals surface area contributed by atoms with E-state index >= 15 is 0 Å². The summed E-state index contributed by atoms with van der Waals surface area (Å²) in [7, 11) is -8.43. The molecule has 2 aliphatic rings. The van der Waals surface area contributed by atoms with Crippen molar-refractivity contribution < 1.29 is 50.0 Å². The second-order valence-electron chi connectivity index (χ2n) is 14.8. The van der Waals surface area contributed by atoms with Crippen LogP contribution in [0.15, 0.2) is 66.4 Å². The Hall–Kier alpha value is -4.24. The number of carbonyl (C=O) groups excluding carboxylic acids is 2. The van der Waals surface area contributed by atoms with Crippen LogP contribution in [0, 0.1) is 0 Å². The molecule has 0 saturated carbocycles. The first kappa shape index (κ1) is 42.5. The lowest BCUT2D eigenvalue weighted by Gasteiger charge is -2.27. The zero-order valence-corrected chi connectivity index (χ0v) is 33.4. The Kier molecular flexibility index (Phi) is 13.1. The minimum atomic E-state index is -4.24. The summed E-state index contributed by atoms with van der Waals surface area (Å²) in [5.74, 6) is -2.15. The molecule has 2 aromatic rings. The maximum atomic E-state index is 13.6. The minimum absolute atomic E-state index is 0.0839. The number of rotatable bonds is 18. The standard InChI is InChI=1S/C40H50N2O10S2/c1-7-14-33(43)28-24-29(34(44)15-8-2)37-32(26-28)42(21-13-23-54(50,51)52)36(40(37,5)6)17-11-9-10-16-35-39(3,4)30-25-27(38(45)46)18-19-31(30)41(35)20-12-22-53(47,48)49/h9-11,16-19,24-26H,7-8,12-15,20-23H2,1-6H3,(H2-,45,46,47,48,49,50,51,52)/p+1. The van der Waals surface area contributed by atoms with E-state index in [1.807, 2.05) is 75.3 Å². The highest BCUT2D eigenvalue weighted by Gasteiger charge is 2.45. The molecule has 0 fully saturated rings. The number of hydrogen-bond donors (Lipinski definition) is 3. The Morgan fingerprint density at radius 3 is 2.04 bits per heavy atom. The van der Waals surface area contributed by atoms with E-state index in [9.17, 15) is 45.4 Å². The SMILES string of the molecule is CCCC(=O)c1cc(C(=O)CCC)c2c(c1)N(CCCS(=O)(=O)O)C(=CC=CC=CC1=[N+](CCCS(=O)(=O)O)c3ccc(C(=O)O)cc3C1(C)C)C2(C)C. The van der Waals surface area contributed by atoms with E-state index in [0.29, 0.717) is 42.5 Å². The lowest BCUT2D eigenvalue weighted by molar-refractivity contribution is -0.437. The van der Waals surface area contributed by atoms with Crippen LogP contribution in [0.4, 0.5) is 11.4 Å². The summed E-state index contributed by atoms with van der Waals surface area (Å²) < 4.78 is 67.1. The average molecular weight is 784 g/mol. The summed E-state index contributed by atoms with van der Waals surface area (Å²) in [6.07, 6.45) is 11.2. The summed E-state index contributed by atoms with van der Waals surface area (Å²) in [4.78, 5) is 40.5. The first-order chi connectivity index (χ1) is 25.1. The van der Waals surface area contributed by atoms with Gasteiger partial charge in [-0.3, -0.25) is 18.7 Å². The Bertz CT molecular complexity index is 2180. The van der Waals surface area contributed by atoms with Crippen molar-refractivity contribution in [2.24, 2.45) is 0 Å². The second kappa shape index (κ2) is 16.6. The van der Waals surface area contributed by atoms with Gasteiger partial charge in [0.2, 0.25) is 5.69 Å². The van der Waals surface area contributed by atoms with Crippen molar-refractivity contribution in [1.29, 1.82) is 0 Å². The van der Waals surface area contributed by atoms with Crippen LogP contribution in [0.3, 0.4) is 0 Å². The molecule has 0 aliphatic carbocycles. The van der Waals surface area contributed by atoms with Crippen LogP contribution >= 0.6 is 0 Å². The van der Waals surface area contributed by atoms with Crippen molar-refractivity contribution in [3.63, 3.8) is 0 Å². The van der Waals surface area contributed by atoms with Gasteiger partial charge in [-0.25, -0.2) is 4.79 Å². The number of nitrogens with zero attached hydrogens (tertiary/aromatic N) is 2. The van der Waals surface area contributed by atoms with Crippen molar-refractivity contribution in [2.75, 3.05) is 29.5 Å². The maximum Gasteiger partial charge on any atom is 0.335 e. The largest absolute Gasteiger partial charge is 0.478 e. The number of benzene rings is 2. The van der Waals surface area contributed by atoms with Crippen molar-refractivity contribution in [3.05, 3.63) is 94.2 Å². The maximum absolute atomic E-state index is 13.6. The molecule has 2 heterocycles. The van der Waals surface area contributed by atoms with Crippen LogP contribution in [-0.4, -0.2) is 83.5 Å². The van der Waals surface area contributed by atoms with Gasteiger partial charge in [-0.15, -0.1) is 0 Å². The monoisotopic (exact) mass is 783 g/mol. The highest BCUT2D eigenvalue weighted by Crippen LogP contribution is 2.50. The van der Waals surface area contributed by atoms with Crippen molar-refractivity contribution in [1.82, 2.24) is 0 Å². The number of fused-ring (bicyclic) bond motifs is 2. The fourth-order valence-electron chi connectivity index (χ4n) is 7.46. The molecule has 12 nitrogen and oxygen atoms in total. The summed E-state index contributed by atoms with van der Waals surface area (Å²) >= 11 is 0. The number of carboxylic acids is 1. The quantitative estimate of drug-likeness (QED) is 0.0607. The molecule has 2 aromatic carbocycles. The Morgan fingerprint density at radius 1 is 0.796 bits per heavy atom.